The smallest absolute Gasteiger partial charge is 0.0916 e. The summed E-state index contributed by atoms with van der Waals surface area (Å²) in [7, 11) is 2.12. The molecule has 1 aliphatic carbocycles. The summed E-state index contributed by atoms with van der Waals surface area (Å²) >= 11 is 0. The second kappa shape index (κ2) is 6.32. The van der Waals surface area contributed by atoms with Crippen LogP contribution < -0.4 is 5.73 Å². The van der Waals surface area contributed by atoms with Crippen LogP contribution in [0.4, 0.5) is 0 Å². The summed E-state index contributed by atoms with van der Waals surface area (Å²) in [6.07, 6.45) is 4.81. The van der Waals surface area contributed by atoms with E-state index in [1.807, 2.05) is 24.3 Å². The number of likely N-dealkylation sites (N-methyl/N-ethyl adjacent to an activating group) is 1. The third-order valence-electron chi connectivity index (χ3n) is 4.01. The molecule has 3 heteroatoms. The minimum absolute atomic E-state index is 0.401. The summed E-state index contributed by atoms with van der Waals surface area (Å²) in [5, 5.41) is 10.2. The Balaban J connectivity index is 1.91. The first kappa shape index (κ1) is 13.5. The monoisotopic (exact) mass is 248 g/mol. The van der Waals surface area contributed by atoms with Crippen LogP contribution in [0.15, 0.2) is 24.3 Å². The highest BCUT2D eigenvalue weighted by atomic mass is 16.3. The topological polar surface area (TPSA) is 49.5 Å². The Morgan fingerprint density at radius 1 is 1.28 bits per heavy atom. The fourth-order valence-corrected chi connectivity index (χ4v) is 2.75. The molecule has 18 heavy (non-hydrogen) atoms. The molecule has 0 aromatic heterocycles. The van der Waals surface area contributed by atoms with Crippen LogP contribution >= 0.6 is 0 Å². The van der Waals surface area contributed by atoms with E-state index in [2.05, 4.69) is 11.9 Å². The van der Waals surface area contributed by atoms with Crippen LogP contribution in [0.2, 0.25) is 0 Å². The number of hydrogen-bond donors (Lipinski definition) is 2. The van der Waals surface area contributed by atoms with E-state index in [0.717, 1.165) is 11.1 Å². The van der Waals surface area contributed by atoms with Gasteiger partial charge in [-0.2, -0.15) is 0 Å². The SMILES string of the molecule is CN(CC(O)c1ccc(CN)cc1)C1CCCC1. The molecular weight excluding hydrogens is 224 g/mol. The Bertz CT molecular complexity index is 357. The third kappa shape index (κ3) is 3.31. The fourth-order valence-electron chi connectivity index (χ4n) is 2.75. The lowest BCUT2D eigenvalue weighted by atomic mass is 10.1. The van der Waals surface area contributed by atoms with Crippen LogP contribution in [-0.4, -0.2) is 29.6 Å². The van der Waals surface area contributed by atoms with Crippen molar-refractivity contribution in [2.45, 2.75) is 44.4 Å². The molecule has 3 N–H and O–H groups in total. The average molecular weight is 248 g/mol. The molecule has 0 aliphatic heterocycles. The molecule has 0 radical (unpaired) electrons. The minimum Gasteiger partial charge on any atom is -0.387 e. The molecule has 1 unspecified atom stereocenters. The molecule has 3 nitrogen and oxygen atoms in total. The Kier molecular flexibility index (Phi) is 4.75. The van der Waals surface area contributed by atoms with E-state index >= 15 is 0 Å². The second-order valence-corrected chi connectivity index (χ2v) is 5.34. The third-order valence-corrected chi connectivity index (χ3v) is 4.01. The van der Waals surface area contributed by atoms with Gasteiger partial charge in [-0.1, -0.05) is 37.1 Å². The second-order valence-electron chi connectivity index (χ2n) is 5.34. The molecule has 2 rings (SSSR count). The van der Waals surface area contributed by atoms with Crippen molar-refractivity contribution in [3.8, 4) is 0 Å². The molecule has 1 atom stereocenters. The predicted octanol–water partition coefficient (Wildman–Crippen LogP) is 2.05. The standard InChI is InChI=1S/C15H24N2O/c1-17(14-4-2-3-5-14)11-15(18)13-8-6-12(10-16)7-9-13/h6-9,14-15,18H,2-5,10-11,16H2,1H3. The van der Waals surface area contributed by atoms with Crippen molar-refractivity contribution in [1.29, 1.82) is 0 Å². The first-order chi connectivity index (χ1) is 8.70. The maximum absolute atomic E-state index is 10.2. The van der Waals surface area contributed by atoms with Crippen molar-refractivity contribution in [1.82, 2.24) is 4.90 Å². The van der Waals surface area contributed by atoms with Gasteiger partial charge in [0.25, 0.3) is 0 Å². The van der Waals surface area contributed by atoms with Crippen molar-refractivity contribution < 1.29 is 5.11 Å². The molecule has 1 saturated carbocycles. The maximum Gasteiger partial charge on any atom is 0.0916 e. The van der Waals surface area contributed by atoms with Crippen molar-refractivity contribution >= 4 is 0 Å². The van der Waals surface area contributed by atoms with Gasteiger partial charge in [0, 0.05) is 19.1 Å². The van der Waals surface area contributed by atoms with Crippen LogP contribution in [-0.2, 0) is 6.54 Å². The van der Waals surface area contributed by atoms with Crippen LogP contribution in [0.25, 0.3) is 0 Å². The average Bonchev–Trinajstić information content (AvgIpc) is 2.92. The highest BCUT2D eigenvalue weighted by Gasteiger charge is 2.21. The zero-order valence-electron chi connectivity index (χ0n) is 11.2. The number of rotatable bonds is 5. The molecule has 0 spiro atoms. The van der Waals surface area contributed by atoms with Crippen molar-refractivity contribution in [2.24, 2.45) is 5.73 Å². The van der Waals surface area contributed by atoms with E-state index in [-0.39, 0.29) is 0 Å². The summed E-state index contributed by atoms with van der Waals surface area (Å²) < 4.78 is 0. The van der Waals surface area contributed by atoms with Crippen molar-refractivity contribution in [3.05, 3.63) is 35.4 Å². The van der Waals surface area contributed by atoms with Crippen molar-refractivity contribution in [2.75, 3.05) is 13.6 Å². The number of aliphatic hydroxyl groups is 1. The van der Waals surface area contributed by atoms with Crippen LogP contribution in [0.1, 0.15) is 42.9 Å². The van der Waals surface area contributed by atoms with Gasteiger partial charge in [0.1, 0.15) is 0 Å². The summed E-state index contributed by atoms with van der Waals surface area (Å²) in [4.78, 5) is 2.30. The zero-order valence-corrected chi connectivity index (χ0v) is 11.2. The Labute approximate surface area is 110 Å². The molecule has 0 bridgehead atoms. The Morgan fingerprint density at radius 3 is 2.44 bits per heavy atom. The lowest BCUT2D eigenvalue weighted by molar-refractivity contribution is 0.105. The van der Waals surface area contributed by atoms with Gasteiger partial charge in [0.15, 0.2) is 0 Å². The Hall–Kier alpha value is -0.900. The molecule has 1 aromatic rings. The molecule has 100 valence electrons. The zero-order chi connectivity index (χ0) is 13.0. The summed E-state index contributed by atoms with van der Waals surface area (Å²) in [5.41, 5.74) is 7.66. The quantitative estimate of drug-likeness (QED) is 0.838. The van der Waals surface area contributed by atoms with Crippen LogP contribution in [0.3, 0.4) is 0 Å². The molecular formula is C15H24N2O. The van der Waals surface area contributed by atoms with E-state index in [1.54, 1.807) is 0 Å². The Morgan fingerprint density at radius 2 is 1.89 bits per heavy atom. The van der Waals surface area contributed by atoms with Gasteiger partial charge < -0.3 is 15.7 Å². The maximum atomic E-state index is 10.2. The lowest BCUT2D eigenvalue weighted by Gasteiger charge is -2.26. The van der Waals surface area contributed by atoms with E-state index < -0.39 is 6.10 Å². The first-order valence-electron chi connectivity index (χ1n) is 6.88. The number of nitrogens with zero attached hydrogens (tertiary/aromatic N) is 1. The fraction of sp³-hybridized carbons (Fsp3) is 0.600. The van der Waals surface area contributed by atoms with E-state index in [9.17, 15) is 5.11 Å². The lowest BCUT2D eigenvalue weighted by Crippen LogP contribution is -2.33. The summed E-state index contributed by atoms with van der Waals surface area (Å²) in [5.74, 6) is 0. The highest BCUT2D eigenvalue weighted by molar-refractivity contribution is 5.24. The van der Waals surface area contributed by atoms with Gasteiger partial charge in [-0.05, 0) is 31.0 Å². The van der Waals surface area contributed by atoms with Gasteiger partial charge in [0.2, 0.25) is 0 Å². The van der Waals surface area contributed by atoms with E-state index in [0.29, 0.717) is 19.1 Å². The van der Waals surface area contributed by atoms with E-state index in [4.69, 9.17) is 5.73 Å². The van der Waals surface area contributed by atoms with Gasteiger partial charge in [-0.25, -0.2) is 0 Å². The molecule has 0 amide bonds. The number of benzene rings is 1. The summed E-state index contributed by atoms with van der Waals surface area (Å²) in [6, 6.07) is 8.61. The molecule has 1 aliphatic rings. The number of nitrogens with two attached hydrogens (primary N) is 1. The highest BCUT2D eigenvalue weighted by Crippen LogP contribution is 2.24. The number of aliphatic hydroxyl groups excluding tert-OH is 1. The van der Waals surface area contributed by atoms with Crippen LogP contribution in [0.5, 0.6) is 0 Å². The molecule has 1 aromatic carbocycles. The molecule has 0 saturated heterocycles. The first-order valence-corrected chi connectivity index (χ1v) is 6.88. The van der Waals surface area contributed by atoms with E-state index in [1.165, 1.54) is 25.7 Å². The van der Waals surface area contributed by atoms with Crippen molar-refractivity contribution in [3.63, 3.8) is 0 Å². The normalized spacial score (nSPS) is 18.4. The van der Waals surface area contributed by atoms with Gasteiger partial charge >= 0.3 is 0 Å². The minimum atomic E-state index is -0.401. The predicted molar refractivity (Wildman–Crippen MR) is 74.2 cm³/mol. The number of hydrogen-bond acceptors (Lipinski definition) is 3. The molecule has 1 fully saturated rings. The van der Waals surface area contributed by atoms with Gasteiger partial charge in [-0.15, -0.1) is 0 Å². The van der Waals surface area contributed by atoms with Crippen LogP contribution in [0, 0.1) is 0 Å². The van der Waals surface area contributed by atoms with Gasteiger partial charge in [-0.3, -0.25) is 0 Å². The van der Waals surface area contributed by atoms with Gasteiger partial charge in [0.05, 0.1) is 6.10 Å². The molecule has 0 heterocycles. The largest absolute Gasteiger partial charge is 0.387 e. The summed E-state index contributed by atoms with van der Waals surface area (Å²) in [6.45, 7) is 1.27.